The average molecular weight is 598 g/mol. The molecule has 3 aromatic rings. The van der Waals surface area contributed by atoms with E-state index in [4.69, 9.17) is 20.3 Å². The van der Waals surface area contributed by atoms with Crippen LogP contribution in [0.1, 0.15) is 41.1 Å². The van der Waals surface area contributed by atoms with Gasteiger partial charge >= 0.3 is 16.5 Å². The predicted octanol–water partition coefficient (Wildman–Crippen LogP) is 4.46. The van der Waals surface area contributed by atoms with E-state index in [1.165, 1.54) is 49.8 Å². The predicted molar refractivity (Wildman–Crippen MR) is 142 cm³/mol. The topological polar surface area (TPSA) is 116 Å². The molecular weight excluding hydrogens is 571 g/mol. The quantitative estimate of drug-likeness (QED) is 0.162. The first-order chi connectivity index (χ1) is 18.5. The molecule has 0 bridgehead atoms. The number of allylic oxidation sites excluding steroid dienone is 1. The molecule has 0 radical (unpaired) electrons. The molecule has 3 N–H and O–H groups in total. The van der Waals surface area contributed by atoms with E-state index in [2.05, 4.69) is 44.6 Å². The van der Waals surface area contributed by atoms with Crippen molar-refractivity contribution in [3.63, 3.8) is 0 Å². The van der Waals surface area contributed by atoms with Crippen LogP contribution in [0.4, 0.5) is 8.78 Å². The molecule has 12 heteroatoms. The van der Waals surface area contributed by atoms with Crippen LogP contribution >= 0.6 is 11.3 Å². The second-order valence-corrected chi connectivity index (χ2v) is 8.73. The Balaban J connectivity index is 0.000000402. The standard InChI is InChI=1S/C20H22F2N3O3.C7H5N2S.Ni/c1-27-12-14-4-3-13(15(9-23)10-24-5-6-26)7-16(14)17-8-18(20(21)22)25-11-19(17)28-2;1-2-6(1)3-4-7-9-8-5-10-7;/h3-4,7-11,20,26H,1,5-6,12,23H2,2H3;6H,1-2H2;/q2*-1;+2/b15-9+,24-10?;;. The SMILES string of the molecule is C(#CC1CC1)c1nn[c-]s1.[CH2-]OCc1ccc(/C(C=NCCO)=C/N)cc1-c1cc(C(F)F)ncc1OC.[Ni+2]. The maximum Gasteiger partial charge on any atom is 2.00 e. The number of nitrogens with zero attached hydrogens (tertiary/aromatic N) is 4. The van der Waals surface area contributed by atoms with Gasteiger partial charge in [-0.05, 0) is 41.7 Å². The van der Waals surface area contributed by atoms with E-state index in [-0.39, 0.29) is 41.9 Å². The molecule has 0 atom stereocenters. The Morgan fingerprint density at radius 1 is 1.36 bits per heavy atom. The second-order valence-electron chi connectivity index (χ2n) is 7.95. The summed E-state index contributed by atoms with van der Waals surface area (Å²) in [6.45, 7) is 0.336. The van der Waals surface area contributed by atoms with E-state index >= 15 is 0 Å². The molecule has 0 amide bonds. The van der Waals surface area contributed by atoms with Crippen molar-refractivity contribution in [3.8, 4) is 28.7 Å². The van der Waals surface area contributed by atoms with E-state index in [0.717, 1.165) is 10.6 Å². The Kier molecular flexibility index (Phi) is 13.7. The minimum atomic E-state index is -2.72. The molecule has 2 aromatic heterocycles. The van der Waals surface area contributed by atoms with Crippen LogP contribution in [0.3, 0.4) is 0 Å². The van der Waals surface area contributed by atoms with Crippen molar-refractivity contribution in [1.82, 2.24) is 15.2 Å². The first kappa shape index (κ1) is 32.0. The van der Waals surface area contributed by atoms with Crippen LogP contribution in [-0.2, 0) is 27.8 Å². The van der Waals surface area contributed by atoms with Gasteiger partial charge in [0.25, 0.3) is 6.43 Å². The van der Waals surface area contributed by atoms with Gasteiger partial charge in [-0.15, -0.1) is 11.8 Å². The molecule has 1 aromatic carbocycles. The van der Waals surface area contributed by atoms with Gasteiger partial charge < -0.3 is 31.7 Å². The first-order valence-electron chi connectivity index (χ1n) is 11.6. The zero-order valence-corrected chi connectivity index (χ0v) is 22.9. The van der Waals surface area contributed by atoms with Crippen LogP contribution in [0.5, 0.6) is 5.75 Å². The van der Waals surface area contributed by atoms with E-state index in [0.29, 0.717) is 33.9 Å². The van der Waals surface area contributed by atoms with E-state index in [1.807, 2.05) is 6.07 Å². The van der Waals surface area contributed by atoms with Crippen LogP contribution < -0.4 is 10.5 Å². The summed E-state index contributed by atoms with van der Waals surface area (Å²) < 4.78 is 36.7. The molecule has 1 aliphatic rings. The summed E-state index contributed by atoms with van der Waals surface area (Å²) in [5, 5.41) is 17.0. The summed E-state index contributed by atoms with van der Waals surface area (Å²) in [5.41, 5.74) is 11.1. The van der Waals surface area contributed by atoms with E-state index in [9.17, 15) is 8.78 Å². The van der Waals surface area contributed by atoms with Gasteiger partial charge in [0.15, 0.2) is 0 Å². The maximum absolute atomic E-state index is 13.2. The largest absolute Gasteiger partial charge is 2.00 e. The Morgan fingerprint density at radius 2 is 2.15 bits per heavy atom. The van der Waals surface area contributed by atoms with Crippen LogP contribution in [0, 0.1) is 30.4 Å². The summed E-state index contributed by atoms with van der Waals surface area (Å²) in [5.74, 6) is 7.04. The Bertz CT molecular complexity index is 1310. The molecule has 2 heterocycles. The van der Waals surface area contributed by atoms with Crippen LogP contribution in [0.15, 0.2) is 41.7 Å². The van der Waals surface area contributed by atoms with E-state index in [1.54, 1.807) is 18.3 Å². The van der Waals surface area contributed by atoms with Crippen LogP contribution in [0.2, 0.25) is 0 Å². The molecular formula is C27H27F2N5NiO3S. The smallest absolute Gasteiger partial charge is 0.552 e. The van der Waals surface area contributed by atoms with Gasteiger partial charge in [-0.25, -0.2) is 21.0 Å². The minimum Gasteiger partial charge on any atom is -0.552 e. The van der Waals surface area contributed by atoms with Gasteiger partial charge in [-0.3, -0.25) is 15.1 Å². The van der Waals surface area contributed by atoms with Crippen LogP contribution in [-0.4, -0.2) is 46.8 Å². The number of aliphatic hydroxyl groups excluding tert-OH is 1. The summed E-state index contributed by atoms with van der Waals surface area (Å²) in [7, 11) is 4.83. The van der Waals surface area contributed by atoms with Crippen molar-refractivity contribution in [3.05, 3.63) is 71.1 Å². The number of aromatic nitrogens is 3. The number of benzene rings is 1. The monoisotopic (exact) mass is 597 g/mol. The Morgan fingerprint density at radius 3 is 2.74 bits per heavy atom. The number of alkyl halides is 2. The summed E-state index contributed by atoms with van der Waals surface area (Å²) in [4.78, 5) is 7.82. The number of hydrogen-bond acceptors (Lipinski definition) is 9. The van der Waals surface area contributed by atoms with Crippen molar-refractivity contribution < 1.29 is 39.9 Å². The van der Waals surface area contributed by atoms with Gasteiger partial charge in [0, 0.05) is 41.1 Å². The molecule has 8 nitrogen and oxygen atoms in total. The number of nitrogens with two attached hydrogens (primary N) is 1. The Labute approximate surface area is 240 Å². The molecule has 1 aliphatic carbocycles. The summed E-state index contributed by atoms with van der Waals surface area (Å²) >= 11 is 1.37. The number of hydrogen-bond donors (Lipinski definition) is 2. The first-order valence-corrected chi connectivity index (χ1v) is 12.4. The molecule has 1 fully saturated rings. The molecule has 208 valence electrons. The fraction of sp³-hybridized carbons (Fsp3) is 0.296. The fourth-order valence-corrected chi connectivity index (χ4v) is 3.58. The summed E-state index contributed by atoms with van der Waals surface area (Å²) in [6, 6.07) is 6.68. The van der Waals surface area contributed by atoms with Gasteiger partial charge in [0.05, 0.1) is 26.5 Å². The van der Waals surface area contributed by atoms with Crippen molar-refractivity contribution in [2.24, 2.45) is 16.6 Å². The number of halogens is 2. The number of rotatable bonds is 9. The normalized spacial score (nSPS) is 12.8. The van der Waals surface area contributed by atoms with E-state index < -0.39 is 6.43 Å². The average Bonchev–Trinajstić information content (AvgIpc) is 3.62. The molecule has 39 heavy (non-hydrogen) atoms. The van der Waals surface area contributed by atoms with Crippen molar-refractivity contribution >= 4 is 23.1 Å². The van der Waals surface area contributed by atoms with Gasteiger partial charge in [-0.2, -0.15) is 0 Å². The number of methoxy groups -OCH3 is 1. The maximum atomic E-state index is 13.2. The molecule has 1 saturated carbocycles. The third-order valence-corrected chi connectivity index (χ3v) is 5.80. The number of aliphatic hydroxyl groups is 1. The number of aliphatic imine (C=N–C) groups is 1. The van der Waals surface area contributed by atoms with Gasteiger partial charge in [0.2, 0.25) is 0 Å². The number of ether oxygens (including phenoxy) is 2. The molecule has 0 spiro atoms. The van der Waals surface area contributed by atoms with Crippen molar-refractivity contribution in [1.29, 1.82) is 0 Å². The molecule has 4 rings (SSSR count). The zero-order valence-electron chi connectivity index (χ0n) is 21.0. The van der Waals surface area contributed by atoms with Crippen LogP contribution in [0.25, 0.3) is 16.7 Å². The summed E-state index contributed by atoms with van der Waals surface area (Å²) in [6.07, 6.45) is 3.99. The fourth-order valence-electron chi connectivity index (χ4n) is 3.22. The molecule has 0 unspecified atom stereocenters. The van der Waals surface area contributed by atoms with Crippen molar-refractivity contribution in [2.75, 3.05) is 20.3 Å². The number of pyridine rings is 1. The van der Waals surface area contributed by atoms with Crippen molar-refractivity contribution in [2.45, 2.75) is 25.9 Å². The zero-order chi connectivity index (χ0) is 27.3. The second kappa shape index (κ2) is 16.7. The molecule has 0 saturated heterocycles. The third-order valence-electron chi connectivity index (χ3n) is 5.25. The van der Waals surface area contributed by atoms with Gasteiger partial charge in [0.1, 0.15) is 11.4 Å². The van der Waals surface area contributed by atoms with Gasteiger partial charge in [-0.1, -0.05) is 17.6 Å². The minimum absolute atomic E-state index is 0. The molecule has 0 aliphatic heterocycles. The third kappa shape index (κ3) is 9.79. The Hall–Kier alpha value is -3.23.